The fraction of sp³-hybridized carbons (Fsp3) is 0. The van der Waals surface area contributed by atoms with Gasteiger partial charge in [0.1, 0.15) is 0 Å². The zero-order valence-electron chi connectivity index (χ0n) is 33.8. The smallest absolute Gasteiger partial charge is 0.0568 e. The lowest BCUT2D eigenvalue weighted by molar-refractivity contribution is 1.18. The van der Waals surface area contributed by atoms with E-state index in [9.17, 15) is 0 Å². The zero-order chi connectivity index (χ0) is 41.0. The van der Waals surface area contributed by atoms with Gasteiger partial charge in [0, 0.05) is 65.1 Å². The van der Waals surface area contributed by atoms with E-state index < -0.39 is 0 Å². The lowest BCUT2D eigenvalue weighted by atomic mass is 9.99. The number of aromatic nitrogens is 1. The molecule has 0 aliphatic rings. The van der Waals surface area contributed by atoms with E-state index in [0.29, 0.717) is 0 Å². The Morgan fingerprint density at radius 1 is 0.323 bits per heavy atom. The van der Waals surface area contributed by atoms with E-state index >= 15 is 0 Å². The molecule has 0 radical (unpaired) electrons. The minimum Gasteiger partial charge on any atom is -0.310 e. The van der Waals surface area contributed by atoms with E-state index in [2.05, 4.69) is 251 Å². The van der Waals surface area contributed by atoms with Crippen LogP contribution in [0.15, 0.2) is 237 Å². The third-order valence-corrected chi connectivity index (χ3v) is 13.2. The number of hydrogen-bond acceptors (Lipinski definition) is 3. The topological polar surface area (TPSA) is 11.4 Å². The van der Waals surface area contributed by atoms with Gasteiger partial charge in [0.25, 0.3) is 0 Å². The second-order valence-electron chi connectivity index (χ2n) is 15.8. The summed E-state index contributed by atoms with van der Waals surface area (Å²) in [6.07, 6.45) is 0. The Morgan fingerprint density at radius 3 is 1.61 bits per heavy atom. The van der Waals surface area contributed by atoms with Crippen LogP contribution in [0.25, 0.3) is 69.6 Å². The maximum atomic E-state index is 2.45. The van der Waals surface area contributed by atoms with Gasteiger partial charge in [-0.3, -0.25) is 0 Å². The molecular formula is C58H39N3S. The lowest BCUT2D eigenvalue weighted by Gasteiger charge is -2.27. The Kier molecular flexibility index (Phi) is 8.68. The van der Waals surface area contributed by atoms with Crippen LogP contribution in [0.1, 0.15) is 0 Å². The normalized spacial score (nSPS) is 11.5. The average Bonchev–Trinajstić information content (AvgIpc) is 3.88. The first-order valence-corrected chi connectivity index (χ1v) is 21.9. The molecule has 12 aromatic rings. The fourth-order valence-electron chi connectivity index (χ4n) is 9.27. The van der Waals surface area contributed by atoms with E-state index in [1.807, 2.05) is 11.3 Å². The number of anilines is 6. The quantitative estimate of drug-likeness (QED) is 0.151. The third kappa shape index (κ3) is 6.11. The molecule has 2 aromatic heterocycles. The number of fused-ring (bicyclic) bond motifs is 7. The van der Waals surface area contributed by atoms with Crippen molar-refractivity contribution >= 4 is 98.2 Å². The first-order valence-electron chi connectivity index (χ1n) is 21.1. The Morgan fingerprint density at radius 2 is 0.887 bits per heavy atom. The predicted molar refractivity (Wildman–Crippen MR) is 266 cm³/mol. The summed E-state index contributed by atoms with van der Waals surface area (Å²) in [5.41, 5.74) is 12.4. The average molecular weight is 810 g/mol. The van der Waals surface area contributed by atoms with Gasteiger partial charge in [-0.15, -0.1) is 11.3 Å². The van der Waals surface area contributed by atoms with Gasteiger partial charge in [-0.25, -0.2) is 0 Å². The summed E-state index contributed by atoms with van der Waals surface area (Å²) < 4.78 is 5.04. The monoisotopic (exact) mass is 809 g/mol. The molecular weight excluding hydrogens is 771 g/mol. The van der Waals surface area contributed by atoms with Gasteiger partial charge in [-0.05, 0) is 119 Å². The molecule has 0 aliphatic carbocycles. The van der Waals surface area contributed by atoms with Crippen LogP contribution in [0, 0.1) is 0 Å². The van der Waals surface area contributed by atoms with Crippen molar-refractivity contribution in [2.24, 2.45) is 0 Å². The Hall–Kier alpha value is -7.92. The summed E-state index contributed by atoms with van der Waals surface area (Å²) in [4.78, 5) is 4.78. The molecule has 0 saturated heterocycles. The van der Waals surface area contributed by atoms with Crippen LogP contribution in [0.2, 0.25) is 0 Å². The minimum atomic E-state index is 1.10. The number of hydrogen-bond donors (Lipinski definition) is 0. The fourth-order valence-corrected chi connectivity index (χ4v) is 10.4. The van der Waals surface area contributed by atoms with Crippen LogP contribution in [-0.4, -0.2) is 4.57 Å². The molecule has 0 unspecified atom stereocenters. The van der Waals surface area contributed by atoms with Crippen LogP contribution < -0.4 is 9.80 Å². The molecule has 0 amide bonds. The van der Waals surface area contributed by atoms with Crippen molar-refractivity contribution in [3.05, 3.63) is 237 Å². The maximum Gasteiger partial charge on any atom is 0.0568 e. The molecule has 0 N–H and O–H groups in total. The van der Waals surface area contributed by atoms with Crippen LogP contribution >= 0.6 is 11.3 Å². The van der Waals surface area contributed by atoms with Crippen molar-refractivity contribution in [2.75, 3.05) is 9.80 Å². The summed E-state index contributed by atoms with van der Waals surface area (Å²) in [7, 11) is 0. The Labute approximate surface area is 364 Å². The summed E-state index contributed by atoms with van der Waals surface area (Å²) in [6.45, 7) is 0. The van der Waals surface area contributed by atoms with Gasteiger partial charge in [0.15, 0.2) is 0 Å². The molecule has 292 valence electrons. The van der Waals surface area contributed by atoms with E-state index in [0.717, 1.165) is 56.5 Å². The molecule has 0 aliphatic heterocycles. The van der Waals surface area contributed by atoms with Crippen molar-refractivity contribution in [1.82, 2.24) is 4.57 Å². The molecule has 2 heterocycles. The highest BCUT2D eigenvalue weighted by Crippen LogP contribution is 2.47. The number of benzene rings is 10. The molecule has 10 aromatic carbocycles. The van der Waals surface area contributed by atoms with E-state index in [-0.39, 0.29) is 0 Å². The second kappa shape index (κ2) is 15.0. The third-order valence-electron chi connectivity index (χ3n) is 12.1. The molecule has 0 fully saturated rings. The van der Waals surface area contributed by atoms with E-state index in [1.165, 1.54) is 47.2 Å². The standard InChI is InChI=1S/C58H39N3S/c1-4-18-44(19-5-1)59(49-34-35-51-50-24-13-15-27-56(50)62-57(51)39-49)47-31-28-41(29-32-47)43-37-54(60(45-20-6-2-7-21-45)46-22-8-3-9-23-46)58-52-25-12-14-26-53(52)61(55(58)38-43)48-33-30-40-16-10-11-17-42(40)36-48/h1-39H. The van der Waals surface area contributed by atoms with Gasteiger partial charge in [0.2, 0.25) is 0 Å². The second-order valence-corrected chi connectivity index (χ2v) is 16.9. The first-order chi connectivity index (χ1) is 30.7. The largest absolute Gasteiger partial charge is 0.310 e. The molecule has 3 nitrogen and oxygen atoms in total. The van der Waals surface area contributed by atoms with Crippen molar-refractivity contribution < 1.29 is 0 Å². The molecule has 0 atom stereocenters. The first kappa shape index (κ1) is 36.0. The van der Waals surface area contributed by atoms with E-state index in [4.69, 9.17) is 0 Å². The van der Waals surface area contributed by atoms with Gasteiger partial charge >= 0.3 is 0 Å². The minimum absolute atomic E-state index is 1.10. The molecule has 0 saturated carbocycles. The number of nitrogens with zero attached hydrogens (tertiary/aromatic N) is 3. The van der Waals surface area contributed by atoms with Crippen LogP contribution in [0.3, 0.4) is 0 Å². The van der Waals surface area contributed by atoms with Crippen LogP contribution in [0.4, 0.5) is 34.1 Å². The summed E-state index contributed by atoms with van der Waals surface area (Å²) in [6, 6.07) is 86.0. The van der Waals surface area contributed by atoms with Crippen LogP contribution in [-0.2, 0) is 0 Å². The number of thiophene rings is 1. The van der Waals surface area contributed by atoms with Crippen LogP contribution in [0.5, 0.6) is 0 Å². The zero-order valence-corrected chi connectivity index (χ0v) is 34.6. The Balaban J connectivity index is 1.07. The molecule has 0 spiro atoms. The number of rotatable bonds is 8. The molecule has 12 rings (SSSR count). The highest BCUT2D eigenvalue weighted by atomic mass is 32.1. The van der Waals surface area contributed by atoms with Crippen molar-refractivity contribution in [1.29, 1.82) is 0 Å². The maximum absolute atomic E-state index is 2.45. The van der Waals surface area contributed by atoms with Crippen molar-refractivity contribution in [3.63, 3.8) is 0 Å². The number of para-hydroxylation sites is 4. The molecule has 4 heteroatoms. The van der Waals surface area contributed by atoms with Crippen molar-refractivity contribution in [3.8, 4) is 16.8 Å². The Bertz CT molecular complexity index is 3530. The summed E-state index contributed by atoms with van der Waals surface area (Å²) in [5.74, 6) is 0. The molecule has 62 heavy (non-hydrogen) atoms. The highest BCUT2D eigenvalue weighted by Gasteiger charge is 2.23. The summed E-state index contributed by atoms with van der Waals surface area (Å²) >= 11 is 1.85. The van der Waals surface area contributed by atoms with Gasteiger partial charge in [-0.1, -0.05) is 140 Å². The van der Waals surface area contributed by atoms with E-state index in [1.54, 1.807) is 0 Å². The van der Waals surface area contributed by atoms with Gasteiger partial charge in [0.05, 0.1) is 16.7 Å². The van der Waals surface area contributed by atoms with Gasteiger partial charge in [-0.2, -0.15) is 0 Å². The molecule has 0 bridgehead atoms. The predicted octanol–water partition coefficient (Wildman–Crippen LogP) is 16.9. The van der Waals surface area contributed by atoms with Crippen molar-refractivity contribution in [2.45, 2.75) is 0 Å². The SMILES string of the molecule is c1ccc(N(c2ccc(-c3cc(N(c4ccccc4)c4ccccc4)c4c5ccccc5n(-c5ccc6ccccc6c5)c4c3)cc2)c2ccc3c(c2)sc2ccccc23)cc1. The highest BCUT2D eigenvalue weighted by molar-refractivity contribution is 7.25. The summed E-state index contributed by atoms with van der Waals surface area (Å²) in [5, 5.41) is 7.46. The van der Waals surface area contributed by atoms with Gasteiger partial charge < -0.3 is 14.4 Å². The lowest BCUT2D eigenvalue weighted by Crippen LogP contribution is -2.10.